The highest BCUT2D eigenvalue weighted by Crippen LogP contribution is 2.22. The first-order valence-electron chi connectivity index (χ1n) is 5.69. The summed E-state index contributed by atoms with van der Waals surface area (Å²) < 4.78 is 0.928. The van der Waals surface area contributed by atoms with Crippen LogP contribution in [0.25, 0.3) is 0 Å². The second-order valence-electron chi connectivity index (χ2n) is 4.02. The number of nitrogens with zero attached hydrogens (tertiary/aromatic N) is 1. The highest BCUT2D eigenvalue weighted by molar-refractivity contribution is 9.10. The van der Waals surface area contributed by atoms with Crippen LogP contribution in [-0.2, 0) is 0 Å². The number of carbonyl (C=O) groups excluding carboxylic acids is 1. The van der Waals surface area contributed by atoms with Crippen LogP contribution in [0.2, 0.25) is 0 Å². The molecule has 1 aromatic carbocycles. The Morgan fingerprint density at radius 3 is 2.68 bits per heavy atom. The average Bonchev–Trinajstić information content (AvgIpc) is 2.39. The molecule has 1 aromatic heterocycles. The van der Waals surface area contributed by atoms with Crippen LogP contribution in [0, 0.1) is 0 Å². The van der Waals surface area contributed by atoms with E-state index in [4.69, 9.17) is 0 Å². The Kier molecular flexibility index (Phi) is 4.11. The van der Waals surface area contributed by atoms with Gasteiger partial charge in [-0.1, -0.05) is 34.1 Å². The van der Waals surface area contributed by atoms with E-state index in [-0.39, 0.29) is 23.2 Å². The smallest absolute Gasteiger partial charge is 0.272 e. The molecule has 19 heavy (non-hydrogen) atoms. The third-order valence-electron chi connectivity index (χ3n) is 2.63. The zero-order chi connectivity index (χ0) is 13.8. The summed E-state index contributed by atoms with van der Waals surface area (Å²) in [4.78, 5) is 22.8. The van der Waals surface area contributed by atoms with Crippen LogP contribution in [0.5, 0.6) is 0 Å². The predicted octanol–water partition coefficient (Wildman–Crippen LogP) is 2.02. The maximum absolute atomic E-state index is 11.9. The van der Waals surface area contributed by atoms with E-state index in [0.717, 1.165) is 10.0 Å². The summed E-state index contributed by atoms with van der Waals surface area (Å²) in [5.74, 6) is -0.334. The molecule has 0 spiro atoms. The van der Waals surface area contributed by atoms with Gasteiger partial charge in [0.15, 0.2) is 0 Å². The molecular formula is C13H12BrN3O2. The summed E-state index contributed by atoms with van der Waals surface area (Å²) in [7, 11) is 0. The van der Waals surface area contributed by atoms with Crippen molar-refractivity contribution < 1.29 is 4.79 Å². The van der Waals surface area contributed by atoms with E-state index in [1.165, 1.54) is 12.1 Å². The van der Waals surface area contributed by atoms with Crippen molar-refractivity contribution in [3.8, 4) is 0 Å². The summed E-state index contributed by atoms with van der Waals surface area (Å²) in [6.45, 7) is 1.88. The molecule has 5 nitrogen and oxygen atoms in total. The standard InChI is InChI=1S/C13H12BrN3O2/c1-8(9-4-2-3-5-10(9)14)15-13(19)11-6-7-12(18)17-16-11/h2-8H,1H3,(H,15,19)(H,17,18). The van der Waals surface area contributed by atoms with Crippen LogP contribution in [0.3, 0.4) is 0 Å². The molecule has 2 N–H and O–H groups in total. The molecule has 0 radical (unpaired) electrons. The highest BCUT2D eigenvalue weighted by atomic mass is 79.9. The maximum atomic E-state index is 11.9. The number of H-pyrrole nitrogens is 1. The van der Waals surface area contributed by atoms with Crippen LogP contribution in [-0.4, -0.2) is 16.1 Å². The maximum Gasteiger partial charge on any atom is 0.272 e. The van der Waals surface area contributed by atoms with Gasteiger partial charge in [-0.05, 0) is 24.6 Å². The molecule has 0 aliphatic heterocycles. The number of amides is 1. The fourth-order valence-electron chi connectivity index (χ4n) is 1.65. The fourth-order valence-corrected chi connectivity index (χ4v) is 2.27. The van der Waals surface area contributed by atoms with E-state index in [9.17, 15) is 9.59 Å². The number of carbonyl (C=O) groups is 1. The molecule has 0 saturated heterocycles. The summed E-state index contributed by atoms with van der Waals surface area (Å²) in [5.41, 5.74) is 0.814. The number of benzene rings is 1. The number of hydrogen-bond donors (Lipinski definition) is 2. The Labute approximate surface area is 118 Å². The van der Waals surface area contributed by atoms with Gasteiger partial charge in [-0.2, -0.15) is 5.10 Å². The summed E-state index contributed by atoms with van der Waals surface area (Å²) in [5, 5.41) is 8.73. The van der Waals surface area contributed by atoms with Crippen molar-refractivity contribution in [2.45, 2.75) is 13.0 Å². The lowest BCUT2D eigenvalue weighted by molar-refractivity contribution is 0.0933. The second kappa shape index (κ2) is 5.79. The molecule has 1 atom stereocenters. The molecule has 0 bridgehead atoms. The minimum atomic E-state index is -0.338. The first-order chi connectivity index (χ1) is 9.08. The van der Waals surface area contributed by atoms with E-state index in [1.54, 1.807) is 0 Å². The number of rotatable bonds is 3. The Morgan fingerprint density at radius 1 is 1.32 bits per heavy atom. The van der Waals surface area contributed by atoms with Gasteiger partial charge < -0.3 is 5.32 Å². The average molecular weight is 322 g/mol. The van der Waals surface area contributed by atoms with Crippen LogP contribution < -0.4 is 10.9 Å². The molecule has 1 amide bonds. The Morgan fingerprint density at radius 2 is 2.05 bits per heavy atom. The van der Waals surface area contributed by atoms with Crippen LogP contribution in [0.1, 0.15) is 29.0 Å². The predicted molar refractivity (Wildman–Crippen MR) is 74.9 cm³/mol. The summed E-state index contributed by atoms with van der Waals surface area (Å²) in [6, 6.07) is 10.1. The van der Waals surface area contributed by atoms with Gasteiger partial charge in [0.05, 0.1) is 6.04 Å². The minimum Gasteiger partial charge on any atom is -0.344 e. The second-order valence-corrected chi connectivity index (χ2v) is 4.88. The lowest BCUT2D eigenvalue weighted by Crippen LogP contribution is -2.28. The zero-order valence-electron chi connectivity index (χ0n) is 10.2. The molecule has 0 saturated carbocycles. The van der Waals surface area contributed by atoms with Crippen molar-refractivity contribution in [3.05, 3.63) is 62.5 Å². The van der Waals surface area contributed by atoms with E-state index in [1.807, 2.05) is 31.2 Å². The molecule has 98 valence electrons. The van der Waals surface area contributed by atoms with Crippen LogP contribution >= 0.6 is 15.9 Å². The normalized spacial score (nSPS) is 11.9. The third kappa shape index (κ3) is 3.29. The van der Waals surface area contributed by atoms with E-state index < -0.39 is 0 Å². The number of aromatic amines is 1. The summed E-state index contributed by atoms with van der Waals surface area (Å²) >= 11 is 3.44. The van der Waals surface area contributed by atoms with Crippen molar-refractivity contribution in [2.75, 3.05) is 0 Å². The number of halogens is 1. The van der Waals surface area contributed by atoms with Gasteiger partial charge in [-0.3, -0.25) is 9.59 Å². The zero-order valence-corrected chi connectivity index (χ0v) is 11.8. The minimum absolute atomic E-state index is 0.170. The topological polar surface area (TPSA) is 74.8 Å². The molecule has 1 unspecified atom stereocenters. The van der Waals surface area contributed by atoms with Crippen molar-refractivity contribution in [1.82, 2.24) is 15.5 Å². The van der Waals surface area contributed by atoms with Gasteiger partial charge in [0, 0.05) is 10.5 Å². The lowest BCUT2D eigenvalue weighted by atomic mass is 10.1. The SMILES string of the molecule is CC(NC(=O)c1ccc(=O)[nH]n1)c1ccccc1Br. The monoisotopic (exact) mass is 321 g/mol. The largest absolute Gasteiger partial charge is 0.344 e. The fraction of sp³-hybridized carbons (Fsp3) is 0.154. The molecule has 0 aliphatic rings. The Hall–Kier alpha value is -1.95. The van der Waals surface area contributed by atoms with E-state index >= 15 is 0 Å². The number of nitrogens with one attached hydrogen (secondary N) is 2. The molecule has 6 heteroatoms. The molecular weight excluding hydrogens is 310 g/mol. The molecule has 2 aromatic rings. The quantitative estimate of drug-likeness (QED) is 0.908. The number of hydrogen-bond acceptors (Lipinski definition) is 3. The molecule has 2 rings (SSSR count). The first-order valence-corrected chi connectivity index (χ1v) is 6.48. The Balaban J connectivity index is 2.13. The van der Waals surface area contributed by atoms with Crippen LogP contribution in [0.15, 0.2) is 45.7 Å². The van der Waals surface area contributed by atoms with Gasteiger partial charge in [-0.15, -0.1) is 0 Å². The Bertz CT molecular complexity index is 634. The lowest BCUT2D eigenvalue weighted by Gasteiger charge is -2.15. The van der Waals surface area contributed by atoms with E-state index in [2.05, 4.69) is 31.4 Å². The van der Waals surface area contributed by atoms with Crippen LogP contribution in [0.4, 0.5) is 0 Å². The van der Waals surface area contributed by atoms with Crippen molar-refractivity contribution in [2.24, 2.45) is 0 Å². The van der Waals surface area contributed by atoms with Gasteiger partial charge in [-0.25, -0.2) is 5.10 Å². The third-order valence-corrected chi connectivity index (χ3v) is 3.35. The van der Waals surface area contributed by atoms with Gasteiger partial charge in [0.2, 0.25) is 0 Å². The molecule has 0 aliphatic carbocycles. The van der Waals surface area contributed by atoms with E-state index in [0.29, 0.717) is 0 Å². The highest BCUT2D eigenvalue weighted by Gasteiger charge is 2.14. The number of aromatic nitrogens is 2. The molecule has 0 fully saturated rings. The summed E-state index contributed by atoms with van der Waals surface area (Å²) in [6.07, 6.45) is 0. The molecule has 1 heterocycles. The van der Waals surface area contributed by atoms with Gasteiger partial charge in [0.1, 0.15) is 5.69 Å². The van der Waals surface area contributed by atoms with Crippen molar-refractivity contribution in [1.29, 1.82) is 0 Å². The van der Waals surface area contributed by atoms with Gasteiger partial charge in [0.25, 0.3) is 11.5 Å². The first kappa shape index (κ1) is 13.5. The van der Waals surface area contributed by atoms with Crippen molar-refractivity contribution >= 4 is 21.8 Å². The van der Waals surface area contributed by atoms with Crippen molar-refractivity contribution in [3.63, 3.8) is 0 Å². The van der Waals surface area contributed by atoms with Gasteiger partial charge >= 0.3 is 0 Å².